The van der Waals surface area contributed by atoms with Crippen molar-refractivity contribution in [1.29, 1.82) is 0 Å². The molecule has 4 aliphatic carbocycles. The van der Waals surface area contributed by atoms with Gasteiger partial charge in [-0.05, 0) is 0 Å². The molecule has 4 rings (SSSR count). The number of hydrogen-bond acceptors (Lipinski definition) is 0. The molecule has 0 aliphatic heterocycles. The molecule has 0 aromatic heterocycles. The van der Waals surface area contributed by atoms with Crippen LogP contribution in [0.4, 0.5) is 0 Å². The van der Waals surface area contributed by atoms with Crippen LogP contribution in [0.15, 0.2) is 0 Å². The van der Waals surface area contributed by atoms with Crippen molar-refractivity contribution < 1.29 is 0 Å². The molecular formula is C10H15Sb. The van der Waals surface area contributed by atoms with Crippen molar-refractivity contribution in [3.8, 4) is 0 Å². The van der Waals surface area contributed by atoms with Crippen LogP contribution in [0.2, 0.25) is 3.36 Å². The minimum absolute atomic E-state index is 0.850. The van der Waals surface area contributed by atoms with Gasteiger partial charge in [-0.3, -0.25) is 0 Å². The molecule has 4 aliphatic rings. The fourth-order valence-corrected chi connectivity index (χ4v) is 6.28. The van der Waals surface area contributed by atoms with Crippen molar-refractivity contribution in [1.82, 2.24) is 0 Å². The molecule has 1 heteroatoms. The maximum absolute atomic E-state index is 2.16. The molecule has 0 aromatic carbocycles. The molecule has 0 saturated heterocycles. The Bertz CT molecular complexity index is 150. The maximum atomic E-state index is 2.16. The summed E-state index contributed by atoms with van der Waals surface area (Å²) in [5.41, 5.74) is 0. The van der Waals surface area contributed by atoms with Crippen molar-refractivity contribution in [3.63, 3.8) is 0 Å². The Hall–Kier alpha value is 0.818. The van der Waals surface area contributed by atoms with Crippen molar-refractivity contribution in [2.24, 2.45) is 17.8 Å². The van der Waals surface area contributed by atoms with Crippen LogP contribution in [0.3, 0.4) is 0 Å². The monoisotopic (exact) mass is 256 g/mol. The summed E-state index contributed by atoms with van der Waals surface area (Å²) in [7, 11) is 0. The molecule has 4 saturated carbocycles. The third-order valence-corrected chi connectivity index (χ3v) is 5.57. The van der Waals surface area contributed by atoms with Gasteiger partial charge in [0.25, 0.3) is 0 Å². The van der Waals surface area contributed by atoms with Gasteiger partial charge in [-0.2, -0.15) is 0 Å². The Morgan fingerprint density at radius 2 is 1.18 bits per heavy atom. The zero-order chi connectivity index (χ0) is 7.47. The van der Waals surface area contributed by atoms with Gasteiger partial charge in [-0.1, -0.05) is 0 Å². The van der Waals surface area contributed by atoms with E-state index in [2.05, 4.69) is 23.0 Å². The van der Waals surface area contributed by atoms with Crippen LogP contribution >= 0.6 is 0 Å². The molecule has 0 amide bonds. The van der Waals surface area contributed by atoms with Gasteiger partial charge in [0.2, 0.25) is 0 Å². The molecule has 0 N–H and O–H groups in total. The Balaban J connectivity index is 1.94. The van der Waals surface area contributed by atoms with Crippen molar-refractivity contribution in [2.45, 2.75) is 41.9 Å². The molecule has 4 fully saturated rings. The third kappa shape index (κ3) is 1.09. The quantitative estimate of drug-likeness (QED) is 0.585. The summed E-state index contributed by atoms with van der Waals surface area (Å²) in [5.74, 6) is 3.47. The fraction of sp³-hybridized carbons (Fsp3) is 1.00. The summed E-state index contributed by atoms with van der Waals surface area (Å²) in [6, 6.07) is 0. The van der Waals surface area contributed by atoms with Gasteiger partial charge in [0.05, 0.1) is 0 Å². The van der Waals surface area contributed by atoms with E-state index in [1.54, 1.807) is 38.5 Å². The topological polar surface area (TPSA) is 0 Å². The van der Waals surface area contributed by atoms with Gasteiger partial charge in [0.15, 0.2) is 0 Å². The zero-order valence-corrected chi connectivity index (χ0v) is 9.47. The molecule has 2 radical (unpaired) electrons. The molecule has 60 valence electrons. The van der Waals surface area contributed by atoms with E-state index >= 15 is 0 Å². The molecule has 0 nitrogen and oxygen atoms in total. The molecular weight excluding hydrogens is 242 g/mol. The SMILES string of the molecule is [Sb][C]12CC3CC(CC(C3)C1)C2. The van der Waals surface area contributed by atoms with Crippen LogP contribution in [0, 0.1) is 17.8 Å². The third-order valence-electron chi connectivity index (χ3n) is 4.01. The second kappa shape index (κ2) is 2.19. The van der Waals surface area contributed by atoms with Gasteiger partial charge in [-0.25, -0.2) is 0 Å². The first-order valence-electron chi connectivity index (χ1n) is 4.96. The summed E-state index contributed by atoms with van der Waals surface area (Å²) in [4.78, 5) is 0. The molecule has 4 bridgehead atoms. The molecule has 0 atom stereocenters. The minimum atomic E-state index is 0.850. The molecule has 0 unspecified atom stereocenters. The number of hydrogen-bond donors (Lipinski definition) is 0. The van der Waals surface area contributed by atoms with Crippen LogP contribution in [0.25, 0.3) is 0 Å². The summed E-state index contributed by atoms with van der Waals surface area (Å²) in [6.07, 6.45) is 9.57. The van der Waals surface area contributed by atoms with E-state index in [4.69, 9.17) is 0 Å². The van der Waals surface area contributed by atoms with E-state index in [9.17, 15) is 0 Å². The molecule has 0 heterocycles. The van der Waals surface area contributed by atoms with Gasteiger partial charge in [-0.15, -0.1) is 0 Å². The molecule has 0 spiro atoms. The summed E-state index contributed by atoms with van der Waals surface area (Å²) >= 11 is 2.16. The Kier molecular flexibility index (Phi) is 1.44. The van der Waals surface area contributed by atoms with E-state index in [0.717, 1.165) is 21.1 Å². The zero-order valence-electron chi connectivity index (χ0n) is 6.92. The average Bonchev–Trinajstić information content (AvgIpc) is 1.79. The van der Waals surface area contributed by atoms with Crippen molar-refractivity contribution in [3.05, 3.63) is 0 Å². The van der Waals surface area contributed by atoms with Gasteiger partial charge < -0.3 is 0 Å². The van der Waals surface area contributed by atoms with Crippen LogP contribution in [0.5, 0.6) is 0 Å². The Morgan fingerprint density at radius 3 is 1.45 bits per heavy atom. The first kappa shape index (κ1) is 7.24. The Labute approximate surface area is 82.6 Å². The van der Waals surface area contributed by atoms with Crippen LogP contribution < -0.4 is 0 Å². The van der Waals surface area contributed by atoms with Crippen LogP contribution in [0.1, 0.15) is 38.5 Å². The second-order valence-electron chi connectivity index (χ2n) is 5.14. The first-order chi connectivity index (χ1) is 5.23. The average molecular weight is 257 g/mol. The van der Waals surface area contributed by atoms with E-state index < -0.39 is 0 Å². The Morgan fingerprint density at radius 1 is 0.818 bits per heavy atom. The van der Waals surface area contributed by atoms with Gasteiger partial charge in [0.1, 0.15) is 0 Å². The van der Waals surface area contributed by atoms with Crippen molar-refractivity contribution in [2.75, 3.05) is 0 Å². The summed E-state index contributed by atoms with van der Waals surface area (Å²) < 4.78 is 0.850. The number of rotatable bonds is 0. The second-order valence-corrected chi connectivity index (χ2v) is 7.85. The normalized spacial score (nSPS) is 60.3. The molecule has 11 heavy (non-hydrogen) atoms. The predicted octanol–water partition coefficient (Wildman–Crippen LogP) is 2.54. The van der Waals surface area contributed by atoms with E-state index in [1.807, 2.05) is 0 Å². The van der Waals surface area contributed by atoms with E-state index in [0.29, 0.717) is 0 Å². The molecule has 0 aromatic rings. The summed E-state index contributed by atoms with van der Waals surface area (Å²) in [6.45, 7) is 0. The van der Waals surface area contributed by atoms with Gasteiger partial charge >= 0.3 is 82.7 Å². The van der Waals surface area contributed by atoms with E-state index in [-0.39, 0.29) is 0 Å². The van der Waals surface area contributed by atoms with Crippen LogP contribution in [-0.2, 0) is 0 Å². The first-order valence-corrected chi connectivity index (χ1v) is 6.23. The standard InChI is InChI=1S/C10H15.Sb/c1-7-2-9-4-8(1)5-10(3-7)6-9;/h7-9H,1-6H2;. The van der Waals surface area contributed by atoms with E-state index in [1.165, 1.54) is 0 Å². The van der Waals surface area contributed by atoms with Crippen molar-refractivity contribution >= 4 is 23.0 Å². The summed E-state index contributed by atoms with van der Waals surface area (Å²) in [5, 5.41) is 0. The van der Waals surface area contributed by atoms with Gasteiger partial charge in [0, 0.05) is 0 Å². The van der Waals surface area contributed by atoms with Crippen LogP contribution in [-0.4, -0.2) is 23.0 Å². The fourth-order valence-electron chi connectivity index (χ4n) is 4.06. The predicted molar refractivity (Wildman–Crippen MR) is 46.6 cm³/mol.